The highest BCUT2D eigenvalue weighted by Crippen LogP contribution is 2.38. The number of para-hydroxylation sites is 1. The largest absolute Gasteiger partial charge is 0.339 e. The molecule has 2 aromatic carbocycles. The molecule has 208 valence electrons. The molecule has 4 rings (SSSR count). The summed E-state index contributed by atoms with van der Waals surface area (Å²) >= 11 is 1.46. The Bertz CT molecular complexity index is 1430. The summed E-state index contributed by atoms with van der Waals surface area (Å²) in [6, 6.07) is 15.1. The van der Waals surface area contributed by atoms with E-state index < -0.39 is 10.0 Å². The standard InChI is InChI=1S/C29H36N4O4S2/c1-6-32(7-2)29(35)26-24-17-18-33(20(3)4)19-25(24)38-28(26)30-27(34)21-13-15-23(16-14-21)39(36,37)31(5)22-11-9-8-10-12-22/h8-16,20H,6-7,17-19H2,1-5H3,(H,30,34). The number of amides is 2. The molecule has 1 aliphatic rings. The number of fused-ring (bicyclic) bond motifs is 1. The van der Waals surface area contributed by atoms with Gasteiger partial charge in [-0.15, -0.1) is 11.3 Å². The van der Waals surface area contributed by atoms with Gasteiger partial charge in [-0.2, -0.15) is 0 Å². The van der Waals surface area contributed by atoms with E-state index in [0.29, 0.717) is 40.9 Å². The quantitative estimate of drug-likeness (QED) is 0.389. The molecule has 1 aromatic heterocycles. The molecule has 0 aliphatic carbocycles. The third-order valence-electron chi connectivity index (χ3n) is 7.20. The maximum absolute atomic E-state index is 13.5. The highest BCUT2D eigenvalue weighted by atomic mass is 32.2. The van der Waals surface area contributed by atoms with E-state index in [1.165, 1.54) is 47.0 Å². The van der Waals surface area contributed by atoms with Gasteiger partial charge in [0.05, 0.1) is 16.1 Å². The summed E-state index contributed by atoms with van der Waals surface area (Å²) < 4.78 is 27.4. The van der Waals surface area contributed by atoms with Crippen LogP contribution in [0.1, 0.15) is 58.9 Å². The fourth-order valence-electron chi connectivity index (χ4n) is 4.74. The number of carbonyl (C=O) groups excluding carboxylic acids is 2. The monoisotopic (exact) mass is 568 g/mol. The zero-order valence-electron chi connectivity index (χ0n) is 23.1. The second kappa shape index (κ2) is 11.9. The fraction of sp³-hybridized carbons (Fsp3) is 0.379. The van der Waals surface area contributed by atoms with Crippen molar-refractivity contribution in [3.8, 4) is 0 Å². The SMILES string of the molecule is CCN(CC)C(=O)c1c(NC(=O)c2ccc(S(=O)(=O)N(C)c3ccccc3)cc2)sc2c1CCN(C(C)C)C2. The lowest BCUT2D eigenvalue weighted by atomic mass is 10.0. The summed E-state index contributed by atoms with van der Waals surface area (Å²) in [5, 5.41) is 3.52. The van der Waals surface area contributed by atoms with Crippen LogP contribution in [0.5, 0.6) is 0 Å². The van der Waals surface area contributed by atoms with Crippen LogP contribution in [0.25, 0.3) is 0 Å². The summed E-state index contributed by atoms with van der Waals surface area (Å²) in [4.78, 5) is 32.2. The minimum absolute atomic E-state index is 0.0730. The van der Waals surface area contributed by atoms with Crippen LogP contribution in [0.3, 0.4) is 0 Å². The van der Waals surface area contributed by atoms with Gasteiger partial charge in [-0.05, 0) is 76.1 Å². The molecule has 0 saturated heterocycles. The van der Waals surface area contributed by atoms with Gasteiger partial charge in [0.15, 0.2) is 0 Å². The summed E-state index contributed by atoms with van der Waals surface area (Å²) in [5.74, 6) is -0.459. The first-order valence-corrected chi connectivity index (χ1v) is 15.5. The third kappa shape index (κ3) is 5.88. The van der Waals surface area contributed by atoms with Crippen LogP contribution < -0.4 is 9.62 Å². The lowest BCUT2D eigenvalue weighted by Gasteiger charge is -2.30. The van der Waals surface area contributed by atoms with Crippen LogP contribution in [0, 0.1) is 0 Å². The Morgan fingerprint density at radius 3 is 2.26 bits per heavy atom. The molecule has 0 spiro atoms. The lowest BCUT2D eigenvalue weighted by molar-refractivity contribution is 0.0772. The summed E-state index contributed by atoms with van der Waals surface area (Å²) in [7, 11) is -2.29. The Morgan fingerprint density at radius 2 is 1.67 bits per heavy atom. The van der Waals surface area contributed by atoms with Crippen molar-refractivity contribution in [3.05, 3.63) is 76.2 Å². The average molecular weight is 569 g/mol. The van der Waals surface area contributed by atoms with Crippen molar-refractivity contribution in [1.29, 1.82) is 0 Å². The van der Waals surface area contributed by atoms with Gasteiger partial charge in [0.1, 0.15) is 5.00 Å². The number of hydrogen-bond acceptors (Lipinski definition) is 6. The van der Waals surface area contributed by atoms with Crippen LogP contribution in [0.4, 0.5) is 10.7 Å². The Balaban J connectivity index is 1.60. The molecular formula is C29H36N4O4S2. The van der Waals surface area contributed by atoms with Crippen molar-refractivity contribution < 1.29 is 18.0 Å². The van der Waals surface area contributed by atoms with E-state index in [1.54, 1.807) is 29.2 Å². The summed E-state index contributed by atoms with van der Waals surface area (Å²) in [6.45, 7) is 11.0. The predicted molar refractivity (Wildman–Crippen MR) is 157 cm³/mol. The molecule has 2 heterocycles. The van der Waals surface area contributed by atoms with E-state index in [1.807, 2.05) is 19.9 Å². The first-order valence-electron chi connectivity index (χ1n) is 13.2. The van der Waals surface area contributed by atoms with Crippen molar-refractivity contribution in [3.63, 3.8) is 0 Å². The minimum atomic E-state index is -3.79. The molecule has 2 amide bonds. The number of anilines is 2. The molecule has 0 saturated carbocycles. The van der Waals surface area contributed by atoms with Crippen molar-refractivity contribution in [2.24, 2.45) is 0 Å². The predicted octanol–water partition coefficient (Wildman–Crippen LogP) is 5.07. The first-order chi connectivity index (χ1) is 18.6. The van der Waals surface area contributed by atoms with Crippen LogP contribution in [0.15, 0.2) is 59.5 Å². The third-order valence-corrected chi connectivity index (χ3v) is 10.1. The van der Waals surface area contributed by atoms with Gasteiger partial charge in [-0.1, -0.05) is 18.2 Å². The van der Waals surface area contributed by atoms with E-state index in [4.69, 9.17) is 0 Å². The van der Waals surface area contributed by atoms with Gasteiger partial charge in [0, 0.05) is 49.7 Å². The molecule has 10 heteroatoms. The molecule has 0 unspecified atom stereocenters. The van der Waals surface area contributed by atoms with Gasteiger partial charge >= 0.3 is 0 Å². The topological polar surface area (TPSA) is 90.0 Å². The van der Waals surface area contributed by atoms with Gasteiger partial charge in [0.2, 0.25) is 0 Å². The van der Waals surface area contributed by atoms with Gasteiger partial charge < -0.3 is 10.2 Å². The summed E-state index contributed by atoms with van der Waals surface area (Å²) in [5.41, 5.74) is 2.46. The summed E-state index contributed by atoms with van der Waals surface area (Å²) in [6.07, 6.45) is 0.754. The number of nitrogens with one attached hydrogen (secondary N) is 1. The Kier molecular flexibility index (Phi) is 8.78. The van der Waals surface area contributed by atoms with E-state index in [-0.39, 0.29) is 16.7 Å². The van der Waals surface area contributed by atoms with E-state index in [2.05, 4.69) is 24.1 Å². The highest BCUT2D eigenvalue weighted by Gasteiger charge is 2.31. The molecular weight excluding hydrogens is 532 g/mol. The maximum Gasteiger partial charge on any atom is 0.264 e. The van der Waals surface area contributed by atoms with Crippen LogP contribution in [-0.2, 0) is 23.0 Å². The maximum atomic E-state index is 13.5. The van der Waals surface area contributed by atoms with Crippen molar-refractivity contribution in [2.75, 3.05) is 36.3 Å². The minimum Gasteiger partial charge on any atom is -0.339 e. The Labute approximate surface area is 235 Å². The van der Waals surface area contributed by atoms with Gasteiger partial charge in [-0.25, -0.2) is 8.42 Å². The molecule has 0 radical (unpaired) electrons. The number of sulfonamides is 1. The van der Waals surface area contributed by atoms with Crippen LogP contribution in [0.2, 0.25) is 0 Å². The lowest BCUT2D eigenvalue weighted by Crippen LogP contribution is -2.36. The van der Waals surface area contributed by atoms with Gasteiger partial charge in [0.25, 0.3) is 21.8 Å². The number of thiophene rings is 1. The van der Waals surface area contributed by atoms with Crippen molar-refractivity contribution in [2.45, 2.75) is 51.6 Å². The molecule has 0 fully saturated rings. The molecule has 3 aromatic rings. The molecule has 0 bridgehead atoms. The highest BCUT2D eigenvalue weighted by molar-refractivity contribution is 7.92. The van der Waals surface area contributed by atoms with E-state index in [9.17, 15) is 18.0 Å². The number of hydrogen-bond donors (Lipinski definition) is 1. The molecule has 0 atom stereocenters. The van der Waals surface area contributed by atoms with E-state index >= 15 is 0 Å². The van der Waals surface area contributed by atoms with E-state index in [0.717, 1.165) is 30.0 Å². The number of rotatable bonds is 9. The fourth-order valence-corrected chi connectivity index (χ4v) is 7.19. The molecule has 1 N–H and O–H groups in total. The normalized spacial score (nSPS) is 13.7. The zero-order chi connectivity index (χ0) is 28.3. The van der Waals surface area contributed by atoms with Crippen LogP contribution >= 0.6 is 11.3 Å². The molecule has 8 nitrogen and oxygen atoms in total. The van der Waals surface area contributed by atoms with Crippen molar-refractivity contribution >= 4 is 43.9 Å². The molecule has 39 heavy (non-hydrogen) atoms. The smallest absolute Gasteiger partial charge is 0.264 e. The Morgan fingerprint density at radius 1 is 1.03 bits per heavy atom. The average Bonchev–Trinajstić information content (AvgIpc) is 3.30. The van der Waals surface area contributed by atoms with Gasteiger partial charge in [-0.3, -0.25) is 18.8 Å². The number of nitrogens with zero attached hydrogens (tertiary/aromatic N) is 3. The van der Waals surface area contributed by atoms with Crippen LogP contribution in [-0.4, -0.2) is 62.8 Å². The number of carbonyl (C=O) groups is 2. The number of benzene rings is 2. The second-order valence-corrected chi connectivity index (χ2v) is 12.9. The molecule has 1 aliphatic heterocycles. The second-order valence-electron chi connectivity index (χ2n) is 9.79. The zero-order valence-corrected chi connectivity index (χ0v) is 24.7. The Hall–Kier alpha value is -3.21. The van der Waals surface area contributed by atoms with Crippen molar-refractivity contribution in [1.82, 2.24) is 9.80 Å². The first kappa shape index (κ1) is 28.8.